The average molecular weight is 340 g/mol. The number of anilines is 1. The number of carbonyl (C=O) groups is 1. The van der Waals surface area contributed by atoms with Gasteiger partial charge < -0.3 is 24.6 Å². The Morgan fingerprint density at radius 1 is 1.08 bits per heavy atom. The summed E-state index contributed by atoms with van der Waals surface area (Å²) in [4.78, 5) is 12.5. The van der Waals surface area contributed by atoms with Crippen LogP contribution in [0.1, 0.15) is 28.8 Å². The highest BCUT2D eigenvalue weighted by Gasteiger charge is 2.27. The van der Waals surface area contributed by atoms with Gasteiger partial charge in [0.15, 0.2) is 0 Å². The average Bonchev–Trinajstić information content (AvgIpc) is 3.31. The van der Waals surface area contributed by atoms with Crippen molar-refractivity contribution in [3.63, 3.8) is 0 Å². The lowest BCUT2D eigenvalue weighted by Gasteiger charge is -2.21. The minimum atomic E-state index is -1.28. The molecule has 1 amide bonds. The number of para-hydroxylation sites is 1. The van der Waals surface area contributed by atoms with E-state index >= 15 is 0 Å². The summed E-state index contributed by atoms with van der Waals surface area (Å²) in [6, 6.07) is 14.2. The van der Waals surface area contributed by atoms with Crippen molar-refractivity contribution in [1.29, 1.82) is 0 Å². The van der Waals surface area contributed by atoms with E-state index in [1.165, 1.54) is 6.26 Å². The molecule has 6 heteroatoms. The molecule has 0 saturated carbocycles. The number of rotatable bonds is 7. The molecule has 0 fully saturated rings. The van der Waals surface area contributed by atoms with E-state index in [0.717, 1.165) is 5.76 Å². The maximum atomic E-state index is 12.5. The molecule has 0 radical (unpaired) electrons. The first-order valence-corrected chi connectivity index (χ1v) is 7.96. The highest BCUT2D eigenvalue weighted by atomic mass is 16.4. The van der Waals surface area contributed by atoms with E-state index in [4.69, 9.17) is 8.83 Å². The molecule has 3 aromatic rings. The van der Waals surface area contributed by atoms with Crippen LogP contribution in [0.4, 0.5) is 5.69 Å². The zero-order valence-electron chi connectivity index (χ0n) is 13.9. The summed E-state index contributed by atoms with van der Waals surface area (Å²) in [5.41, 5.74) is -0.103. The van der Waals surface area contributed by atoms with Crippen LogP contribution < -0.4 is 10.6 Å². The highest BCUT2D eigenvalue weighted by molar-refractivity contribution is 5.99. The van der Waals surface area contributed by atoms with Crippen molar-refractivity contribution in [2.75, 3.05) is 11.9 Å². The minimum Gasteiger partial charge on any atom is -0.467 e. The Morgan fingerprint density at radius 2 is 1.84 bits per heavy atom. The van der Waals surface area contributed by atoms with Crippen molar-refractivity contribution in [2.45, 2.75) is 19.1 Å². The molecular weight excluding hydrogens is 320 g/mol. The first kappa shape index (κ1) is 16.9. The molecule has 3 N–H and O–H groups in total. The topological polar surface area (TPSA) is 87.6 Å². The Morgan fingerprint density at radius 3 is 2.56 bits per heavy atom. The lowest BCUT2D eigenvalue weighted by molar-refractivity contribution is 0.0330. The first-order chi connectivity index (χ1) is 12.1. The van der Waals surface area contributed by atoms with E-state index in [2.05, 4.69) is 10.6 Å². The standard InChI is InChI=1S/C19H20N2O4/c1-19(23,17-9-5-11-25-17)13-21-18(22)15-7-2-3-8-16(15)20-12-14-6-4-10-24-14/h2-11,20,23H,12-13H2,1H3,(H,21,22). The number of furan rings is 2. The van der Waals surface area contributed by atoms with E-state index < -0.39 is 5.60 Å². The van der Waals surface area contributed by atoms with Crippen LogP contribution in [0, 0.1) is 0 Å². The molecule has 0 aliphatic rings. The molecule has 0 saturated heterocycles. The van der Waals surface area contributed by atoms with Crippen molar-refractivity contribution in [1.82, 2.24) is 5.32 Å². The van der Waals surface area contributed by atoms with Gasteiger partial charge in [-0.3, -0.25) is 4.79 Å². The van der Waals surface area contributed by atoms with Gasteiger partial charge in [0.2, 0.25) is 0 Å². The normalized spacial score (nSPS) is 13.2. The van der Waals surface area contributed by atoms with Gasteiger partial charge in [-0.15, -0.1) is 0 Å². The molecule has 0 spiro atoms. The van der Waals surface area contributed by atoms with E-state index in [1.54, 1.807) is 37.5 Å². The lowest BCUT2D eigenvalue weighted by atomic mass is 10.0. The molecule has 2 heterocycles. The van der Waals surface area contributed by atoms with Crippen LogP contribution in [0.25, 0.3) is 0 Å². The van der Waals surface area contributed by atoms with Gasteiger partial charge in [-0.25, -0.2) is 0 Å². The number of benzene rings is 1. The van der Waals surface area contributed by atoms with E-state index in [0.29, 0.717) is 23.6 Å². The fraction of sp³-hybridized carbons (Fsp3) is 0.211. The van der Waals surface area contributed by atoms with Gasteiger partial charge in [0.1, 0.15) is 17.1 Å². The van der Waals surface area contributed by atoms with E-state index in [-0.39, 0.29) is 12.5 Å². The van der Waals surface area contributed by atoms with Gasteiger partial charge >= 0.3 is 0 Å². The third-order valence-electron chi connectivity index (χ3n) is 3.85. The van der Waals surface area contributed by atoms with Gasteiger partial charge in [-0.05, 0) is 43.3 Å². The lowest BCUT2D eigenvalue weighted by Crippen LogP contribution is -2.38. The molecule has 2 aromatic heterocycles. The van der Waals surface area contributed by atoms with E-state index in [1.807, 2.05) is 24.3 Å². The predicted octanol–water partition coefficient (Wildman–Crippen LogP) is 3.12. The molecule has 6 nitrogen and oxygen atoms in total. The second kappa shape index (κ2) is 7.27. The van der Waals surface area contributed by atoms with E-state index in [9.17, 15) is 9.90 Å². The van der Waals surface area contributed by atoms with Crippen LogP contribution in [-0.4, -0.2) is 17.6 Å². The van der Waals surface area contributed by atoms with Crippen LogP contribution in [0.15, 0.2) is 69.9 Å². The molecule has 0 bridgehead atoms. The highest BCUT2D eigenvalue weighted by Crippen LogP contribution is 2.21. The van der Waals surface area contributed by atoms with Gasteiger partial charge in [-0.2, -0.15) is 0 Å². The quantitative estimate of drug-likeness (QED) is 0.615. The van der Waals surface area contributed by atoms with Crippen LogP contribution in [0.2, 0.25) is 0 Å². The molecule has 130 valence electrons. The molecule has 1 aromatic carbocycles. The van der Waals surface area contributed by atoms with Crippen LogP contribution in [0.5, 0.6) is 0 Å². The fourth-order valence-corrected chi connectivity index (χ4v) is 2.45. The summed E-state index contributed by atoms with van der Waals surface area (Å²) in [7, 11) is 0. The Labute approximate surface area is 145 Å². The van der Waals surface area contributed by atoms with Crippen molar-refractivity contribution in [2.24, 2.45) is 0 Å². The molecule has 25 heavy (non-hydrogen) atoms. The van der Waals surface area contributed by atoms with Crippen molar-refractivity contribution in [3.8, 4) is 0 Å². The van der Waals surface area contributed by atoms with Crippen LogP contribution in [-0.2, 0) is 12.1 Å². The first-order valence-electron chi connectivity index (χ1n) is 7.96. The second-order valence-electron chi connectivity index (χ2n) is 5.91. The summed E-state index contributed by atoms with van der Waals surface area (Å²) in [5, 5.41) is 16.4. The van der Waals surface area contributed by atoms with Crippen LogP contribution >= 0.6 is 0 Å². The number of hydrogen-bond donors (Lipinski definition) is 3. The Balaban J connectivity index is 1.65. The Bertz CT molecular complexity index is 808. The SMILES string of the molecule is CC(O)(CNC(=O)c1ccccc1NCc1ccco1)c1ccco1. The summed E-state index contributed by atoms with van der Waals surface area (Å²) >= 11 is 0. The Hall–Kier alpha value is -2.99. The summed E-state index contributed by atoms with van der Waals surface area (Å²) in [6.45, 7) is 2.10. The number of hydrogen-bond acceptors (Lipinski definition) is 5. The molecule has 0 aliphatic heterocycles. The molecule has 0 aliphatic carbocycles. The van der Waals surface area contributed by atoms with Gasteiger partial charge in [-0.1, -0.05) is 12.1 Å². The van der Waals surface area contributed by atoms with Crippen molar-refractivity contribution >= 4 is 11.6 Å². The second-order valence-corrected chi connectivity index (χ2v) is 5.91. The van der Waals surface area contributed by atoms with Gasteiger partial charge in [0.25, 0.3) is 5.91 Å². The summed E-state index contributed by atoms with van der Waals surface area (Å²) in [6.07, 6.45) is 3.09. The minimum absolute atomic E-state index is 0.0336. The van der Waals surface area contributed by atoms with Crippen LogP contribution in [0.3, 0.4) is 0 Å². The molecule has 1 unspecified atom stereocenters. The Kier molecular flexibility index (Phi) is 4.90. The number of amides is 1. The summed E-state index contributed by atoms with van der Waals surface area (Å²) < 4.78 is 10.5. The monoisotopic (exact) mass is 340 g/mol. The van der Waals surface area contributed by atoms with Crippen molar-refractivity contribution < 1.29 is 18.7 Å². The molecule has 1 atom stereocenters. The zero-order valence-corrected chi connectivity index (χ0v) is 13.9. The third-order valence-corrected chi connectivity index (χ3v) is 3.85. The summed E-state index contributed by atoms with van der Waals surface area (Å²) in [5.74, 6) is 0.891. The van der Waals surface area contributed by atoms with Crippen molar-refractivity contribution in [3.05, 3.63) is 78.1 Å². The predicted molar refractivity (Wildman–Crippen MR) is 93.1 cm³/mol. The number of carbonyl (C=O) groups excluding carboxylic acids is 1. The zero-order chi connectivity index (χ0) is 17.7. The number of nitrogens with one attached hydrogen (secondary N) is 2. The fourth-order valence-electron chi connectivity index (χ4n) is 2.45. The van der Waals surface area contributed by atoms with Gasteiger partial charge in [0.05, 0.1) is 31.2 Å². The number of aliphatic hydroxyl groups is 1. The smallest absolute Gasteiger partial charge is 0.253 e. The van der Waals surface area contributed by atoms with Gasteiger partial charge in [0, 0.05) is 5.69 Å². The maximum Gasteiger partial charge on any atom is 0.253 e. The largest absolute Gasteiger partial charge is 0.467 e. The molecule has 3 rings (SSSR count). The maximum absolute atomic E-state index is 12.5. The molecular formula is C19H20N2O4. The third kappa shape index (κ3) is 4.10.